The van der Waals surface area contributed by atoms with Crippen molar-refractivity contribution in [2.24, 2.45) is 5.41 Å². The first-order chi connectivity index (χ1) is 14.1. The number of rotatable bonds is 7. The van der Waals surface area contributed by atoms with E-state index in [1.54, 1.807) is 0 Å². The molecule has 1 amide bonds. The molecule has 1 saturated heterocycles. The van der Waals surface area contributed by atoms with Crippen LogP contribution in [-0.4, -0.2) is 36.6 Å². The highest BCUT2D eigenvalue weighted by molar-refractivity contribution is 5.88. The molecular weight excluding hydrogens is 360 g/mol. The molecular formula is C25H30N2O2. The number of benzene rings is 2. The van der Waals surface area contributed by atoms with Gasteiger partial charge in [0.25, 0.3) is 0 Å². The summed E-state index contributed by atoms with van der Waals surface area (Å²) < 4.78 is 6.10. The van der Waals surface area contributed by atoms with Gasteiger partial charge in [-0.05, 0) is 49.1 Å². The van der Waals surface area contributed by atoms with Crippen molar-refractivity contribution in [2.45, 2.75) is 38.8 Å². The second-order valence-electron chi connectivity index (χ2n) is 8.37. The predicted molar refractivity (Wildman–Crippen MR) is 117 cm³/mol. The monoisotopic (exact) mass is 390 g/mol. The Morgan fingerprint density at radius 1 is 1.14 bits per heavy atom. The zero-order chi connectivity index (χ0) is 20.1. The molecule has 4 heteroatoms. The second kappa shape index (κ2) is 8.93. The Balaban J connectivity index is 1.41. The molecule has 2 aromatic rings. The molecule has 0 aliphatic carbocycles. The molecule has 1 fully saturated rings. The summed E-state index contributed by atoms with van der Waals surface area (Å²) in [6, 6.07) is 19.0. The minimum absolute atomic E-state index is 0.0369. The van der Waals surface area contributed by atoms with Gasteiger partial charge >= 0.3 is 0 Å². The predicted octanol–water partition coefficient (Wildman–Crippen LogP) is 4.42. The van der Waals surface area contributed by atoms with E-state index in [1.807, 2.05) is 12.1 Å². The number of carbonyl (C=O) groups is 1. The number of likely N-dealkylation sites (tertiary alicyclic amines) is 1. The van der Waals surface area contributed by atoms with Gasteiger partial charge in [-0.3, -0.25) is 9.69 Å². The Hall–Kier alpha value is -2.43. The maximum Gasteiger partial charge on any atom is 0.221 e. The number of hydrogen-bond donors (Lipinski definition) is 1. The van der Waals surface area contributed by atoms with E-state index in [2.05, 4.69) is 64.8 Å². The molecule has 0 saturated carbocycles. The van der Waals surface area contributed by atoms with Gasteiger partial charge in [0.15, 0.2) is 0 Å². The molecule has 152 valence electrons. The highest BCUT2D eigenvalue weighted by Crippen LogP contribution is 2.42. The molecule has 2 atom stereocenters. The molecule has 2 aromatic carbocycles. The van der Waals surface area contributed by atoms with Crippen molar-refractivity contribution in [3.8, 4) is 0 Å². The molecule has 0 radical (unpaired) electrons. The fraction of sp³-hybridized carbons (Fsp3) is 0.400. The Morgan fingerprint density at radius 3 is 2.62 bits per heavy atom. The quantitative estimate of drug-likeness (QED) is 0.712. The molecule has 2 heterocycles. The van der Waals surface area contributed by atoms with Gasteiger partial charge in [0, 0.05) is 31.1 Å². The smallest absolute Gasteiger partial charge is 0.221 e. The molecule has 0 spiro atoms. The summed E-state index contributed by atoms with van der Waals surface area (Å²) in [5, 5.41) is 2.83. The topological polar surface area (TPSA) is 41.6 Å². The lowest BCUT2D eigenvalue weighted by molar-refractivity contribution is -0.114. The summed E-state index contributed by atoms with van der Waals surface area (Å²) >= 11 is 0. The van der Waals surface area contributed by atoms with E-state index in [1.165, 1.54) is 24.5 Å². The molecule has 1 N–H and O–H groups in total. The van der Waals surface area contributed by atoms with Gasteiger partial charge in [-0.15, -0.1) is 0 Å². The average Bonchev–Trinajstić information content (AvgIpc) is 3.40. The molecule has 29 heavy (non-hydrogen) atoms. The Morgan fingerprint density at radius 2 is 1.93 bits per heavy atom. The normalized spacial score (nSPS) is 24.1. The first kappa shape index (κ1) is 19.9. The van der Waals surface area contributed by atoms with Gasteiger partial charge < -0.3 is 10.1 Å². The van der Waals surface area contributed by atoms with Crippen LogP contribution in [0.4, 0.5) is 5.69 Å². The van der Waals surface area contributed by atoms with Gasteiger partial charge in [-0.2, -0.15) is 0 Å². The van der Waals surface area contributed by atoms with Crippen LogP contribution in [0.25, 0.3) is 0 Å². The number of carbonyl (C=O) groups excluding carboxylic acids is 1. The third-order valence-corrected chi connectivity index (χ3v) is 6.19. The van der Waals surface area contributed by atoms with Crippen molar-refractivity contribution in [3.05, 3.63) is 77.9 Å². The standard InChI is InChI=1S/C25H30N2O2/c1-20(28)26-23-11-9-22(10-12-23)18-27-16-15-25(19-27,24-8-5-17-29-24)14-13-21-6-3-2-4-7-21/h2-12,24H,13-19H2,1H3,(H,26,28)/t24-,25-/m1/s1. The maximum atomic E-state index is 11.2. The van der Waals surface area contributed by atoms with Crippen molar-refractivity contribution in [1.29, 1.82) is 0 Å². The number of ether oxygens (including phenoxy) is 1. The first-order valence-electron chi connectivity index (χ1n) is 10.5. The van der Waals surface area contributed by atoms with Crippen LogP contribution in [-0.2, 0) is 22.5 Å². The molecule has 4 rings (SSSR count). The minimum Gasteiger partial charge on any atom is -0.369 e. The largest absolute Gasteiger partial charge is 0.369 e. The summed E-state index contributed by atoms with van der Waals surface area (Å²) in [6.07, 6.45) is 8.06. The minimum atomic E-state index is -0.0369. The van der Waals surface area contributed by atoms with Crippen LogP contribution in [0.5, 0.6) is 0 Å². The Bertz CT molecular complexity index is 847. The third kappa shape index (κ3) is 4.95. The van der Waals surface area contributed by atoms with Crippen LogP contribution in [0.3, 0.4) is 0 Å². The van der Waals surface area contributed by atoms with Gasteiger partial charge in [-0.25, -0.2) is 0 Å². The van der Waals surface area contributed by atoms with Crippen molar-refractivity contribution in [3.63, 3.8) is 0 Å². The van der Waals surface area contributed by atoms with E-state index < -0.39 is 0 Å². The molecule has 0 unspecified atom stereocenters. The first-order valence-corrected chi connectivity index (χ1v) is 10.5. The number of anilines is 1. The fourth-order valence-electron chi connectivity index (χ4n) is 4.67. The van der Waals surface area contributed by atoms with Crippen molar-refractivity contribution < 1.29 is 9.53 Å². The molecule has 2 aliphatic rings. The number of nitrogens with zero attached hydrogens (tertiary/aromatic N) is 1. The zero-order valence-electron chi connectivity index (χ0n) is 17.1. The van der Waals surface area contributed by atoms with Crippen LogP contribution in [0, 0.1) is 5.41 Å². The highest BCUT2D eigenvalue weighted by Gasteiger charge is 2.44. The number of nitrogens with one attached hydrogen (secondary N) is 1. The maximum absolute atomic E-state index is 11.2. The van der Waals surface area contributed by atoms with Gasteiger partial charge in [-0.1, -0.05) is 54.6 Å². The van der Waals surface area contributed by atoms with Crippen LogP contribution in [0.1, 0.15) is 30.9 Å². The van der Waals surface area contributed by atoms with E-state index in [-0.39, 0.29) is 17.4 Å². The number of amides is 1. The third-order valence-electron chi connectivity index (χ3n) is 6.19. The zero-order valence-corrected chi connectivity index (χ0v) is 17.1. The van der Waals surface area contributed by atoms with Crippen LogP contribution < -0.4 is 5.32 Å². The molecule has 4 nitrogen and oxygen atoms in total. The fourth-order valence-corrected chi connectivity index (χ4v) is 4.67. The number of hydrogen-bond acceptors (Lipinski definition) is 3. The number of aryl methyl sites for hydroxylation is 1. The van der Waals surface area contributed by atoms with E-state index in [0.29, 0.717) is 0 Å². The summed E-state index contributed by atoms with van der Waals surface area (Å²) in [7, 11) is 0. The molecule has 2 aliphatic heterocycles. The van der Waals surface area contributed by atoms with E-state index >= 15 is 0 Å². The van der Waals surface area contributed by atoms with E-state index in [4.69, 9.17) is 4.74 Å². The lowest BCUT2D eigenvalue weighted by Crippen LogP contribution is -2.38. The van der Waals surface area contributed by atoms with Gasteiger partial charge in [0.1, 0.15) is 0 Å². The molecule has 0 bridgehead atoms. The van der Waals surface area contributed by atoms with Crippen LogP contribution in [0.2, 0.25) is 0 Å². The van der Waals surface area contributed by atoms with Gasteiger partial charge in [0.05, 0.1) is 12.7 Å². The summed E-state index contributed by atoms with van der Waals surface area (Å²) in [4.78, 5) is 13.8. The summed E-state index contributed by atoms with van der Waals surface area (Å²) in [6.45, 7) is 5.36. The SMILES string of the molecule is CC(=O)Nc1ccc(CN2CC[C@@](CCc3ccccc3)([C@H]3C=CCO3)C2)cc1. The van der Waals surface area contributed by atoms with Crippen molar-refractivity contribution in [2.75, 3.05) is 25.0 Å². The summed E-state index contributed by atoms with van der Waals surface area (Å²) in [5.74, 6) is -0.0369. The van der Waals surface area contributed by atoms with Crippen LogP contribution >= 0.6 is 0 Å². The van der Waals surface area contributed by atoms with Crippen molar-refractivity contribution >= 4 is 11.6 Å². The Labute approximate surface area is 173 Å². The lowest BCUT2D eigenvalue weighted by Gasteiger charge is -2.34. The van der Waals surface area contributed by atoms with E-state index in [0.717, 1.165) is 44.8 Å². The highest BCUT2D eigenvalue weighted by atomic mass is 16.5. The Kier molecular flexibility index (Phi) is 6.12. The summed E-state index contributed by atoms with van der Waals surface area (Å²) in [5.41, 5.74) is 3.71. The van der Waals surface area contributed by atoms with E-state index in [9.17, 15) is 4.79 Å². The lowest BCUT2D eigenvalue weighted by atomic mass is 9.76. The second-order valence-corrected chi connectivity index (χ2v) is 8.37. The average molecular weight is 391 g/mol. The molecule has 0 aromatic heterocycles. The van der Waals surface area contributed by atoms with Crippen molar-refractivity contribution in [1.82, 2.24) is 4.90 Å². The van der Waals surface area contributed by atoms with Crippen LogP contribution in [0.15, 0.2) is 66.7 Å². The van der Waals surface area contributed by atoms with Gasteiger partial charge in [0.2, 0.25) is 5.91 Å².